The number of carboxylic acids is 1. The number of ether oxygens (including phenoxy) is 1. The Balaban J connectivity index is 2.65. The minimum absolute atomic E-state index is 0.231. The summed E-state index contributed by atoms with van der Waals surface area (Å²) in [6, 6.07) is 0. The van der Waals surface area contributed by atoms with E-state index in [-0.39, 0.29) is 5.92 Å². The summed E-state index contributed by atoms with van der Waals surface area (Å²) in [5, 5.41) is 8.72. The largest absolute Gasteiger partial charge is 0.479 e. The van der Waals surface area contributed by atoms with Crippen LogP contribution in [0.25, 0.3) is 0 Å². The molecule has 10 heavy (non-hydrogen) atoms. The Hall–Kier alpha value is -0.570. The lowest BCUT2D eigenvalue weighted by Gasteiger charge is -2.21. The maximum absolute atomic E-state index is 10.6. The van der Waals surface area contributed by atoms with Crippen molar-refractivity contribution in [3.63, 3.8) is 0 Å². The predicted molar refractivity (Wildman–Crippen MR) is 35.8 cm³/mol. The Morgan fingerprint density at radius 1 is 1.70 bits per heavy atom. The number of hydrogen-bond acceptors (Lipinski definition) is 2. The molecular formula is C7H12O3. The molecule has 1 aliphatic rings. The average molecular weight is 144 g/mol. The Bertz CT molecular complexity index is 151. The second-order valence-electron chi connectivity index (χ2n) is 2.89. The molecule has 1 N–H and O–H groups in total. The zero-order valence-corrected chi connectivity index (χ0v) is 6.26. The molecular weight excluding hydrogens is 132 g/mol. The van der Waals surface area contributed by atoms with Gasteiger partial charge in [-0.3, -0.25) is 0 Å². The Morgan fingerprint density at radius 3 is 2.30 bits per heavy atom. The lowest BCUT2D eigenvalue weighted by atomic mass is 10.0. The van der Waals surface area contributed by atoms with Gasteiger partial charge in [0.15, 0.2) is 5.60 Å². The van der Waals surface area contributed by atoms with Crippen molar-refractivity contribution < 1.29 is 14.6 Å². The number of aliphatic carboxylic acids is 1. The number of carboxylic acid groups (broad SMARTS) is 1. The fraction of sp³-hybridized carbons (Fsp3) is 0.857. The van der Waals surface area contributed by atoms with E-state index in [1.807, 2.05) is 0 Å². The summed E-state index contributed by atoms with van der Waals surface area (Å²) in [6.45, 7) is 1.63. The predicted octanol–water partition coefficient (Wildman–Crippen LogP) is 0.886. The van der Waals surface area contributed by atoms with Gasteiger partial charge in [0.1, 0.15) is 0 Å². The highest BCUT2D eigenvalue weighted by molar-refractivity contribution is 5.77. The van der Waals surface area contributed by atoms with Crippen molar-refractivity contribution in [1.82, 2.24) is 0 Å². The van der Waals surface area contributed by atoms with Gasteiger partial charge >= 0.3 is 5.97 Å². The lowest BCUT2D eigenvalue weighted by Crippen LogP contribution is -2.39. The van der Waals surface area contributed by atoms with E-state index in [0.29, 0.717) is 0 Å². The number of hydrogen-bond donors (Lipinski definition) is 1. The van der Waals surface area contributed by atoms with E-state index in [4.69, 9.17) is 9.84 Å². The molecule has 0 spiro atoms. The molecule has 0 saturated heterocycles. The molecule has 0 amide bonds. The summed E-state index contributed by atoms with van der Waals surface area (Å²) in [7, 11) is 1.45. The smallest absolute Gasteiger partial charge is 0.335 e. The summed E-state index contributed by atoms with van der Waals surface area (Å²) < 4.78 is 4.92. The Kier molecular flexibility index (Phi) is 1.68. The van der Waals surface area contributed by atoms with E-state index in [1.54, 1.807) is 6.92 Å². The number of methoxy groups -OCH3 is 1. The van der Waals surface area contributed by atoms with Crippen LogP contribution in [0.1, 0.15) is 19.8 Å². The van der Waals surface area contributed by atoms with Crippen molar-refractivity contribution in [2.45, 2.75) is 25.4 Å². The van der Waals surface area contributed by atoms with Gasteiger partial charge in [-0.15, -0.1) is 0 Å². The molecule has 0 radical (unpaired) electrons. The zero-order valence-electron chi connectivity index (χ0n) is 6.26. The third kappa shape index (κ3) is 1.01. The van der Waals surface area contributed by atoms with Gasteiger partial charge in [-0.05, 0) is 25.7 Å². The van der Waals surface area contributed by atoms with Gasteiger partial charge in [0.25, 0.3) is 0 Å². The SMILES string of the molecule is CO[C@@](C)(C(=O)O)C1CC1. The first-order valence-electron chi connectivity index (χ1n) is 3.40. The molecule has 0 aliphatic heterocycles. The summed E-state index contributed by atoms with van der Waals surface area (Å²) >= 11 is 0. The molecule has 58 valence electrons. The molecule has 0 aromatic heterocycles. The fourth-order valence-corrected chi connectivity index (χ4v) is 1.06. The summed E-state index contributed by atoms with van der Waals surface area (Å²) in [6.07, 6.45) is 1.97. The molecule has 0 bridgehead atoms. The second-order valence-corrected chi connectivity index (χ2v) is 2.89. The first-order valence-corrected chi connectivity index (χ1v) is 3.40. The van der Waals surface area contributed by atoms with Gasteiger partial charge in [0.05, 0.1) is 0 Å². The fourth-order valence-electron chi connectivity index (χ4n) is 1.06. The Morgan fingerprint density at radius 2 is 2.20 bits per heavy atom. The minimum Gasteiger partial charge on any atom is -0.479 e. The van der Waals surface area contributed by atoms with Crippen molar-refractivity contribution in [3.8, 4) is 0 Å². The highest BCUT2D eigenvalue weighted by Gasteiger charge is 2.47. The topological polar surface area (TPSA) is 46.5 Å². The first kappa shape index (κ1) is 7.54. The van der Waals surface area contributed by atoms with Crippen LogP contribution in [0.4, 0.5) is 0 Å². The van der Waals surface area contributed by atoms with Crippen LogP contribution in [0.3, 0.4) is 0 Å². The molecule has 1 atom stereocenters. The van der Waals surface area contributed by atoms with Gasteiger partial charge in [-0.25, -0.2) is 4.79 Å². The number of carbonyl (C=O) groups is 1. The van der Waals surface area contributed by atoms with Crippen molar-refractivity contribution in [1.29, 1.82) is 0 Å². The summed E-state index contributed by atoms with van der Waals surface area (Å²) in [4.78, 5) is 10.6. The molecule has 0 aromatic rings. The van der Waals surface area contributed by atoms with Crippen LogP contribution >= 0.6 is 0 Å². The van der Waals surface area contributed by atoms with Gasteiger partial charge in [-0.1, -0.05) is 0 Å². The highest BCUT2D eigenvalue weighted by Crippen LogP contribution is 2.41. The van der Waals surface area contributed by atoms with Crippen molar-refractivity contribution in [2.24, 2.45) is 5.92 Å². The van der Waals surface area contributed by atoms with E-state index >= 15 is 0 Å². The van der Waals surface area contributed by atoms with Crippen LogP contribution < -0.4 is 0 Å². The Labute approximate surface area is 60.0 Å². The first-order chi connectivity index (χ1) is 4.61. The molecule has 0 aromatic carbocycles. The van der Waals surface area contributed by atoms with E-state index in [1.165, 1.54) is 7.11 Å². The lowest BCUT2D eigenvalue weighted by molar-refractivity contribution is -0.162. The zero-order chi connectivity index (χ0) is 7.78. The highest BCUT2D eigenvalue weighted by atomic mass is 16.5. The second kappa shape index (κ2) is 2.23. The van der Waals surface area contributed by atoms with E-state index in [2.05, 4.69) is 0 Å². The molecule has 0 unspecified atom stereocenters. The minimum atomic E-state index is -0.931. The van der Waals surface area contributed by atoms with Crippen LogP contribution in [0, 0.1) is 5.92 Å². The molecule has 3 heteroatoms. The van der Waals surface area contributed by atoms with Gasteiger partial charge in [0.2, 0.25) is 0 Å². The molecule has 1 aliphatic carbocycles. The molecule has 1 rings (SSSR count). The van der Waals surface area contributed by atoms with E-state index < -0.39 is 11.6 Å². The molecule has 0 heterocycles. The third-order valence-corrected chi connectivity index (χ3v) is 2.21. The monoisotopic (exact) mass is 144 g/mol. The van der Waals surface area contributed by atoms with Crippen LogP contribution in [-0.2, 0) is 9.53 Å². The van der Waals surface area contributed by atoms with Gasteiger partial charge in [-0.2, -0.15) is 0 Å². The quantitative estimate of drug-likeness (QED) is 0.639. The normalized spacial score (nSPS) is 23.8. The van der Waals surface area contributed by atoms with Crippen LogP contribution in [-0.4, -0.2) is 23.8 Å². The van der Waals surface area contributed by atoms with Gasteiger partial charge < -0.3 is 9.84 Å². The van der Waals surface area contributed by atoms with Crippen molar-refractivity contribution >= 4 is 5.97 Å². The summed E-state index contributed by atoms with van der Waals surface area (Å²) in [5.74, 6) is -0.618. The maximum atomic E-state index is 10.6. The van der Waals surface area contributed by atoms with Crippen LogP contribution in [0.5, 0.6) is 0 Å². The summed E-state index contributed by atoms with van der Waals surface area (Å²) in [5.41, 5.74) is -0.931. The average Bonchev–Trinajstić information content (AvgIpc) is 2.67. The number of rotatable bonds is 3. The van der Waals surface area contributed by atoms with Crippen molar-refractivity contribution in [3.05, 3.63) is 0 Å². The third-order valence-electron chi connectivity index (χ3n) is 2.21. The molecule has 1 saturated carbocycles. The van der Waals surface area contributed by atoms with E-state index in [0.717, 1.165) is 12.8 Å². The molecule has 1 fully saturated rings. The van der Waals surface area contributed by atoms with Crippen LogP contribution in [0.15, 0.2) is 0 Å². The van der Waals surface area contributed by atoms with Crippen molar-refractivity contribution in [2.75, 3.05) is 7.11 Å². The molecule has 3 nitrogen and oxygen atoms in total. The van der Waals surface area contributed by atoms with E-state index in [9.17, 15) is 4.79 Å². The maximum Gasteiger partial charge on any atom is 0.335 e. The standard InChI is InChI=1S/C7H12O3/c1-7(10-2,6(8)9)5-3-4-5/h5H,3-4H2,1-2H3,(H,8,9)/t7-/m1/s1. The van der Waals surface area contributed by atoms with Crippen LogP contribution in [0.2, 0.25) is 0 Å². The van der Waals surface area contributed by atoms with Gasteiger partial charge in [0, 0.05) is 7.11 Å².